The molecule has 0 aliphatic carbocycles. The van der Waals surface area contributed by atoms with E-state index in [0.29, 0.717) is 23.7 Å². The van der Waals surface area contributed by atoms with Crippen LogP contribution in [0.5, 0.6) is 5.75 Å². The number of likely N-dealkylation sites (N-methyl/N-ethyl adjacent to an activating group) is 1. The molecule has 0 saturated carbocycles. The van der Waals surface area contributed by atoms with Crippen LogP contribution in [0, 0.1) is 0 Å². The third-order valence-electron chi connectivity index (χ3n) is 3.60. The normalized spacial score (nSPS) is 13.1. The van der Waals surface area contributed by atoms with Gasteiger partial charge in [0.25, 0.3) is 5.91 Å². The molecule has 2 aromatic carbocycles. The molecule has 3 rings (SSSR count). The van der Waals surface area contributed by atoms with Crippen LogP contribution in [0.4, 0.5) is 16.2 Å². The predicted molar refractivity (Wildman–Crippen MR) is 87.6 cm³/mol. The average Bonchev–Trinajstić information content (AvgIpc) is 2.57. The van der Waals surface area contributed by atoms with Crippen LogP contribution in [0.3, 0.4) is 0 Å². The zero-order valence-electron chi connectivity index (χ0n) is 12.7. The van der Waals surface area contributed by atoms with Crippen LogP contribution >= 0.6 is 0 Å². The summed E-state index contributed by atoms with van der Waals surface area (Å²) in [6.45, 7) is 0.431. The monoisotopic (exact) mass is 311 g/mol. The molecule has 0 fully saturated rings. The van der Waals surface area contributed by atoms with E-state index in [1.807, 2.05) is 30.3 Å². The minimum Gasteiger partial charge on any atom is -0.481 e. The second kappa shape index (κ2) is 6.39. The predicted octanol–water partition coefficient (Wildman–Crippen LogP) is 2.36. The molecule has 0 bridgehead atoms. The maximum Gasteiger partial charge on any atom is 0.319 e. The van der Waals surface area contributed by atoms with Crippen molar-refractivity contribution in [3.63, 3.8) is 0 Å². The summed E-state index contributed by atoms with van der Waals surface area (Å²) in [6, 6.07) is 14.6. The van der Waals surface area contributed by atoms with E-state index in [4.69, 9.17) is 4.74 Å². The van der Waals surface area contributed by atoms with Gasteiger partial charge in [-0.25, -0.2) is 4.79 Å². The third-order valence-corrected chi connectivity index (χ3v) is 3.60. The first-order valence-electron chi connectivity index (χ1n) is 7.26. The largest absolute Gasteiger partial charge is 0.481 e. The van der Waals surface area contributed by atoms with E-state index in [-0.39, 0.29) is 18.5 Å². The molecule has 6 heteroatoms. The lowest BCUT2D eigenvalue weighted by Gasteiger charge is -2.28. The summed E-state index contributed by atoms with van der Waals surface area (Å²) in [5, 5.41) is 5.55. The minimum absolute atomic E-state index is 0.00710. The minimum atomic E-state index is -0.339. The number of rotatable bonds is 3. The van der Waals surface area contributed by atoms with Crippen molar-refractivity contribution in [1.82, 2.24) is 5.32 Å². The summed E-state index contributed by atoms with van der Waals surface area (Å²) in [4.78, 5) is 25.4. The van der Waals surface area contributed by atoms with Crippen molar-refractivity contribution in [3.05, 3.63) is 54.1 Å². The number of nitrogens with one attached hydrogen (secondary N) is 2. The lowest BCUT2D eigenvalue weighted by molar-refractivity contribution is -0.120. The van der Waals surface area contributed by atoms with Crippen molar-refractivity contribution >= 4 is 23.3 Å². The Labute approximate surface area is 134 Å². The number of nitrogens with zero attached hydrogens (tertiary/aromatic N) is 1. The molecule has 0 atom stereocenters. The van der Waals surface area contributed by atoms with Crippen LogP contribution in [0.25, 0.3) is 0 Å². The Morgan fingerprint density at radius 2 is 1.96 bits per heavy atom. The SMILES string of the molecule is CN1C(=O)COc2cccc(NC(=O)NCc3ccccc3)c21. The van der Waals surface area contributed by atoms with Gasteiger partial charge in [-0.1, -0.05) is 36.4 Å². The summed E-state index contributed by atoms with van der Waals surface area (Å²) in [6.07, 6.45) is 0. The molecular formula is C17H17N3O3. The second-order valence-corrected chi connectivity index (χ2v) is 5.19. The van der Waals surface area contributed by atoms with E-state index < -0.39 is 0 Å². The van der Waals surface area contributed by atoms with E-state index in [1.165, 1.54) is 4.90 Å². The van der Waals surface area contributed by atoms with Crippen molar-refractivity contribution in [2.24, 2.45) is 0 Å². The average molecular weight is 311 g/mol. The Kier molecular flexibility index (Phi) is 4.14. The first-order chi connectivity index (χ1) is 11.1. The lowest BCUT2D eigenvalue weighted by atomic mass is 10.2. The number of benzene rings is 2. The fraction of sp³-hybridized carbons (Fsp3) is 0.176. The molecule has 1 heterocycles. The number of carbonyl (C=O) groups excluding carboxylic acids is 2. The van der Waals surface area contributed by atoms with E-state index in [0.717, 1.165) is 5.56 Å². The van der Waals surface area contributed by atoms with Crippen molar-refractivity contribution in [2.45, 2.75) is 6.54 Å². The Morgan fingerprint density at radius 1 is 1.17 bits per heavy atom. The van der Waals surface area contributed by atoms with Crippen LogP contribution in [0.2, 0.25) is 0 Å². The van der Waals surface area contributed by atoms with E-state index in [9.17, 15) is 9.59 Å². The summed E-state index contributed by atoms with van der Waals surface area (Å²) in [5.41, 5.74) is 2.11. The van der Waals surface area contributed by atoms with Crippen molar-refractivity contribution in [1.29, 1.82) is 0 Å². The van der Waals surface area contributed by atoms with Crippen LogP contribution in [-0.2, 0) is 11.3 Å². The highest BCUT2D eigenvalue weighted by molar-refractivity contribution is 6.04. The first-order valence-corrected chi connectivity index (χ1v) is 7.26. The molecule has 6 nitrogen and oxygen atoms in total. The van der Waals surface area contributed by atoms with Gasteiger partial charge in [0.2, 0.25) is 0 Å². The van der Waals surface area contributed by atoms with Crippen LogP contribution in [0.15, 0.2) is 48.5 Å². The number of carbonyl (C=O) groups is 2. The number of hydrogen-bond donors (Lipinski definition) is 2. The topological polar surface area (TPSA) is 70.7 Å². The van der Waals surface area contributed by atoms with Gasteiger partial charge in [0, 0.05) is 13.6 Å². The molecule has 3 amide bonds. The molecule has 118 valence electrons. The number of urea groups is 1. The number of fused-ring (bicyclic) bond motifs is 1. The summed E-state index contributed by atoms with van der Waals surface area (Å²) >= 11 is 0. The van der Waals surface area contributed by atoms with E-state index >= 15 is 0 Å². The van der Waals surface area contributed by atoms with Crippen LogP contribution in [-0.4, -0.2) is 25.6 Å². The molecular weight excluding hydrogens is 294 g/mol. The van der Waals surface area contributed by atoms with Gasteiger partial charge in [0.1, 0.15) is 11.4 Å². The molecule has 0 unspecified atom stereocenters. The van der Waals surface area contributed by atoms with Gasteiger partial charge in [-0.3, -0.25) is 4.79 Å². The van der Waals surface area contributed by atoms with Gasteiger partial charge in [-0.05, 0) is 17.7 Å². The molecule has 0 spiro atoms. The van der Waals surface area contributed by atoms with Gasteiger partial charge in [-0.2, -0.15) is 0 Å². The Bertz CT molecular complexity index is 731. The van der Waals surface area contributed by atoms with Crippen molar-refractivity contribution in [2.75, 3.05) is 23.9 Å². The van der Waals surface area contributed by atoms with Crippen molar-refractivity contribution < 1.29 is 14.3 Å². The standard InChI is InChI=1S/C17H17N3O3/c1-20-15(21)11-23-14-9-5-8-13(16(14)20)19-17(22)18-10-12-6-3-2-4-7-12/h2-9H,10-11H2,1H3,(H2,18,19,22). The lowest BCUT2D eigenvalue weighted by Crippen LogP contribution is -2.37. The van der Waals surface area contributed by atoms with Crippen LogP contribution in [0.1, 0.15) is 5.56 Å². The Balaban J connectivity index is 1.71. The molecule has 2 aromatic rings. The van der Waals surface area contributed by atoms with Crippen LogP contribution < -0.4 is 20.3 Å². The number of ether oxygens (including phenoxy) is 1. The van der Waals surface area contributed by atoms with E-state index in [1.54, 1.807) is 25.2 Å². The molecule has 2 N–H and O–H groups in total. The van der Waals surface area contributed by atoms with Crippen molar-refractivity contribution in [3.8, 4) is 5.75 Å². The highest BCUT2D eigenvalue weighted by Gasteiger charge is 2.25. The Morgan fingerprint density at radius 3 is 2.74 bits per heavy atom. The maximum atomic E-state index is 12.1. The third kappa shape index (κ3) is 3.26. The fourth-order valence-corrected chi connectivity index (χ4v) is 2.39. The number of hydrogen-bond acceptors (Lipinski definition) is 3. The number of anilines is 2. The molecule has 1 aliphatic rings. The second-order valence-electron chi connectivity index (χ2n) is 5.19. The fourth-order valence-electron chi connectivity index (χ4n) is 2.39. The smallest absolute Gasteiger partial charge is 0.319 e. The van der Waals surface area contributed by atoms with Gasteiger partial charge in [-0.15, -0.1) is 0 Å². The highest BCUT2D eigenvalue weighted by Crippen LogP contribution is 2.37. The summed E-state index contributed by atoms with van der Waals surface area (Å²) < 4.78 is 5.39. The maximum absolute atomic E-state index is 12.1. The molecule has 0 radical (unpaired) electrons. The van der Waals surface area contributed by atoms with Gasteiger partial charge < -0.3 is 20.3 Å². The highest BCUT2D eigenvalue weighted by atomic mass is 16.5. The van der Waals surface area contributed by atoms with Gasteiger partial charge in [0.05, 0.1) is 5.69 Å². The number of para-hydroxylation sites is 1. The summed E-state index contributed by atoms with van der Waals surface area (Å²) in [7, 11) is 1.66. The first kappa shape index (κ1) is 14.9. The quantitative estimate of drug-likeness (QED) is 0.914. The molecule has 23 heavy (non-hydrogen) atoms. The van der Waals surface area contributed by atoms with Gasteiger partial charge >= 0.3 is 6.03 Å². The Hall–Kier alpha value is -3.02. The molecule has 0 aromatic heterocycles. The summed E-state index contributed by atoms with van der Waals surface area (Å²) in [5.74, 6) is 0.421. The zero-order valence-corrected chi connectivity index (χ0v) is 12.7. The number of amides is 3. The zero-order chi connectivity index (χ0) is 16.2. The molecule has 0 saturated heterocycles. The van der Waals surface area contributed by atoms with Gasteiger partial charge in [0.15, 0.2) is 6.61 Å². The molecule has 1 aliphatic heterocycles. The van der Waals surface area contributed by atoms with E-state index in [2.05, 4.69) is 10.6 Å².